The molecule has 184 valence electrons. The largest absolute Gasteiger partial charge is 1.00 e. The Morgan fingerprint density at radius 2 is 1.56 bits per heavy atom. The van der Waals surface area contributed by atoms with Gasteiger partial charge in [-0.2, -0.15) is 13.2 Å². The molecule has 0 atom stereocenters. The molecule has 0 bridgehead atoms. The van der Waals surface area contributed by atoms with Crippen molar-refractivity contribution in [2.45, 2.75) is 11.1 Å². The van der Waals surface area contributed by atoms with Gasteiger partial charge < -0.3 is 19.3 Å². The minimum Gasteiger partial charge on any atom is -0.537 e. The van der Waals surface area contributed by atoms with Gasteiger partial charge in [-0.3, -0.25) is 0 Å². The Hall–Kier alpha value is -2.74. The van der Waals surface area contributed by atoms with E-state index in [2.05, 4.69) is 19.6 Å². The molecule has 4 rings (SSSR count). The van der Waals surface area contributed by atoms with Crippen LogP contribution in [0.2, 0.25) is 0 Å². The predicted molar refractivity (Wildman–Crippen MR) is 119 cm³/mol. The molecule has 36 heavy (non-hydrogen) atoms. The first-order valence-corrected chi connectivity index (χ1v) is 11.7. The number of halogens is 4. The van der Waals surface area contributed by atoms with Crippen LogP contribution in [0.3, 0.4) is 0 Å². The molecule has 0 spiro atoms. The van der Waals surface area contributed by atoms with Crippen LogP contribution in [0.4, 0.5) is 29.2 Å². The number of anilines is 2. The molecule has 1 fully saturated rings. The van der Waals surface area contributed by atoms with E-state index in [4.69, 9.17) is 0 Å². The molecular weight excluding hydrogens is 513 g/mol. The van der Waals surface area contributed by atoms with Crippen LogP contribution in [-0.4, -0.2) is 50.5 Å². The van der Waals surface area contributed by atoms with Gasteiger partial charge in [0.25, 0.3) is 0 Å². The summed E-state index contributed by atoms with van der Waals surface area (Å²) >= 11 is 0. The fraction of sp³-hybridized carbons (Fsp3) is 0.227. The summed E-state index contributed by atoms with van der Waals surface area (Å²) in [4.78, 5) is 24.3. The molecule has 14 heteroatoms. The average Bonchev–Trinajstić information content (AvgIpc) is 2.84. The maximum Gasteiger partial charge on any atom is 1.00 e. The van der Waals surface area contributed by atoms with Crippen molar-refractivity contribution < 1.29 is 60.3 Å². The van der Waals surface area contributed by atoms with Crippen LogP contribution in [0.1, 0.15) is 15.9 Å². The first-order valence-electron chi connectivity index (χ1n) is 10.3. The summed E-state index contributed by atoms with van der Waals surface area (Å²) in [6, 6.07) is 9.51. The second kappa shape index (κ2) is 11.1. The first kappa shape index (κ1) is 27.8. The van der Waals surface area contributed by atoms with Crippen LogP contribution in [0.5, 0.6) is 0 Å². The molecule has 1 aromatic carbocycles. The normalized spacial score (nSPS) is 14.2. The van der Waals surface area contributed by atoms with E-state index in [0.29, 0.717) is 44.1 Å². The third-order valence-corrected chi connectivity index (χ3v) is 6.56. The van der Waals surface area contributed by atoms with E-state index < -0.39 is 43.9 Å². The van der Waals surface area contributed by atoms with Crippen LogP contribution < -0.4 is 39.4 Å². The van der Waals surface area contributed by atoms with Gasteiger partial charge >= 0.3 is 35.7 Å². The van der Waals surface area contributed by atoms with Gasteiger partial charge in [-0.1, -0.05) is 6.07 Å². The number of pyridine rings is 2. The summed E-state index contributed by atoms with van der Waals surface area (Å²) in [5, 5.41) is 0. The summed E-state index contributed by atoms with van der Waals surface area (Å²) in [6.07, 6.45) is -2.38. The van der Waals surface area contributed by atoms with Crippen molar-refractivity contribution in [1.29, 1.82) is 0 Å². The molecule has 0 aliphatic carbocycles. The minimum absolute atomic E-state index is 0. The molecule has 0 N–H and O–H groups in total. The minimum atomic E-state index is -5.07. The Kier molecular flexibility index (Phi) is 8.59. The van der Waals surface area contributed by atoms with Crippen molar-refractivity contribution in [3.8, 4) is 0 Å². The average molecular weight is 531 g/mol. The summed E-state index contributed by atoms with van der Waals surface area (Å²) in [6.45, 7) is 2.54. The second-order valence-corrected chi connectivity index (χ2v) is 9.18. The molecule has 1 saturated heterocycles. The van der Waals surface area contributed by atoms with Gasteiger partial charge in [0.2, 0.25) is 0 Å². The maximum absolute atomic E-state index is 13.3. The number of aromatic nitrogens is 2. The molecule has 1 aliphatic heterocycles. The van der Waals surface area contributed by atoms with Crippen LogP contribution in [0.15, 0.2) is 65.8 Å². The third-order valence-electron chi connectivity index (χ3n) is 5.32. The van der Waals surface area contributed by atoms with Crippen LogP contribution in [0.25, 0.3) is 4.72 Å². The van der Waals surface area contributed by atoms with Gasteiger partial charge in [0.15, 0.2) is 0 Å². The number of alkyl halides is 3. The predicted octanol–water partition coefficient (Wildman–Crippen LogP) is 0.868. The Morgan fingerprint density at radius 1 is 0.917 bits per heavy atom. The van der Waals surface area contributed by atoms with Gasteiger partial charge in [0, 0.05) is 44.1 Å². The molecule has 0 unspecified atom stereocenters. The molecular formula is C22H18F4N5NaO3S. The monoisotopic (exact) mass is 531 g/mol. The van der Waals surface area contributed by atoms with E-state index in [9.17, 15) is 30.8 Å². The second-order valence-electron chi connectivity index (χ2n) is 7.57. The molecule has 1 aliphatic rings. The fourth-order valence-corrected chi connectivity index (χ4v) is 4.41. The zero-order valence-corrected chi connectivity index (χ0v) is 21.8. The standard InChI is InChI=1S/C22H19F4N5O3S.Na/c23-15-4-6-17(18(13-15)22(24,25)26)21(32)29-35(33,34)16-5-7-20(28-14-16)31-11-9-30(10-12-31)19-3-1-2-8-27-19;/h1-8,13-14H,9-12H2,(H,29,32);/q;+1/p-1. The Balaban J connectivity index is 0.00000361. The maximum atomic E-state index is 13.3. The van der Waals surface area contributed by atoms with E-state index in [0.717, 1.165) is 12.0 Å². The summed E-state index contributed by atoms with van der Waals surface area (Å²) < 4.78 is 80.8. The number of sulfonamides is 1. The number of hydrogen-bond donors (Lipinski definition) is 0. The van der Waals surface area contributed by atoms with Gasteiger partial charge in [0.05, 0.1) is 16.4 Å². The zero-order valence-electron chi connectivity index (χ0n) is 19.0. The summed E-state index contributed by atoms with van der Waals surface area (Å²) in [5.41, 5.74) is -2.68. The topological polar surface area (TPSA) is 97.6 Å². The van der Waals surface area contributed by atoms with Crippen LogP contribution >= 0.6 is 0 Å². The van der Waals surface area contributed by atoms with Crippen molar-refractivity contribution in [2.24, 2.45) is 0 Å². The quantitative estimate of drug-likeness (QED) is 0.356. The molecule has 2 aromatic heterocycles. The van der Waals surface area contributed by atoms with Gasteiger partial charge in [-0.25, -0.2) is 22.8 Å². The first-order chi connectivity index (χ1) is 16.5. The number of carbonyl (C=O) groups excluding carboxylic acids is 1. The Morgan fingerprint density at radius 3 is 2.08 bits per heavy atom. The zero-order chi connectivity index (χ0) is 25.2. The van der Waals surface area contributed by atoms with Gasteiger partial charge in [-0.05, 0) is 42.5 Å². The smallest absolute Gasteiger partial charge is 0.537 e. The summed E-state index contributed by atoms with van der Waals surface area (Å²) in [5.74, 6) is -1.54. The van der Waals surface area contributed by atoms with Crippen LogP contribution in [0, 0.1) is 5.82 Å². The number of carbonyl (C=O) groups is 1. The van der Waals surface area contributed by atoms with E-state index in [-0.39, 0.29) is 35.6 Å². The van der Waals surface area contributed by atoms with E-state index in [1.807, 2.05) is 23.1 Å². The molecule has 0 radical (unpaired) electrons. The SMILES string of the molecule is O=C([N-]S(=O)(=O)c1ccc(N2CCN(c3ccccn3)CC2)nc1)c1ccc(F)cc1C(F)(F)F.[Na+]. The van der Waals surface area contributed by atoms with Crippen molar-refractivity contribution in [2.75, 3.05) is 36.0 Å². The molecule has 1 amide bonds. The Labute approximate surface area is 226 Å². The fourth-order valence-electron chi connectivity index (χ4n) is 3.57. The molecule has 3 aromatic rings. The summed E-state index contributed by atoms with van der Waals surface area (Å²) in [7, 11) is -4.66. The molecule has 3 heterocycles. The number of hydrogen-bond acceptors (Lipinski definition) is 7. The third kappa shape index (κ3) is 6.33. The number of benzene rings is 1. The van der Waals surface area contributed by atoms with Gasteiger partial charge in [0.1, 0.15) is 27.5 Å². The molecule has 0 saturated carbocycles. The number of piperazine rings is 1. The van der Waals surface area contributed by atoms with Crippen molar-refractivity contribution >= 4 is 27.6 Å². The van der Waals surface area contributed by atoms with E-state index in [1.165, 1.54) is 12.1 Å². The van der Waals surface area contributed by atoms with Gasteiger partial charge in [-0.15, -0.1) is 0 Å². The van der Waals surface area contributed by atoms with E-state index in [1.54, 1.807) is 6.20 Å². The number of amides is 1. The van der Waals surface area contributed by atoms with Crippen molar-refractivity contribution in [3.63, 3.8) is 0 Å². The van der Waals surface area contributed by atoms with Crippen LogP contribution in [-0.2, 0) is 16.2 Å². The van der Waals surface area contributed by atoms with E-state index >= 15 is 0 Å². The van der Waals surface area contributed by atoms with Crippen molar-refractivity contribution in [1.82, 2.24) is 9.97 Å². The number of nitrogens with zero attached hydrogens (tertiary/aromatic N) is 5. The van der Waals surface area contributed by atoms with Crippen molar-refractivity contribution in [3.05, 3.63) is 82.6 Å². The molecule has 8 nitrogen and oxygen atoms in total. The Bertz CT molecular complexity index is 1320. The number of rotatable bonds is 5.